The minimum atomic E-state index is -0.601. The number of anilines is 2. The number of rotatable bonds is 1. The maximum Gasteiger partial charge on any atom is 0.151 e. The maximum atomic E-state index is 10.0. The maximum absolute atomic E-state index is 10.0. The molecule has 0 amide bonds. The van der Waals surface area contributed by atoms with E-state index in [0.717, 1.165) is 25.9 Å². The normalized spacial score (nSPS) is 24.4. The van der Waals surface area contributed by atoms with E-state index in [2.05, 4.69) is 9.88 Å². The number of hydrogen-bond acceptors (Lipinski definition) is 5. The van der Waals surface area contributed by atoms with Crippen LogP contribution >= 0.6 is 0 Å². The van der Waals surface area contributed by atoms with Crippen molar-refractivity contribution in [2.75, 3.05) is 23.7 Å². The topological polar surface area (TPSA) is 86.2 Å². The molecule has 1 fully saturated rings. The molecule has 0 saturated carbocycles. The second-order valence-electron chi connectivity index (χ2n) is 5.09. The Balaban J connectivity index is 2.19. The molecule has 1 aromatic heterocycles. The van der Waals surface area contributed by atoms with Gasteiger partial charge in [-0.15, -0.1) is 0 Å². The quantitative estimate of drug-likeness (QED) is 0.779. The average Bonchev–Trinajstić information content (AvgIpc) is 2.50. The van der Waals surface area contributed by atoms with Gasteiger partial charge in [-0.25, -0.2) is 4.98 Å². The lowest BCUT2D eigenvalue weighted by molar-refractivity contribution is 0.0481. The van der Waals surface area contributed by atoms with Gasteiger partial charge in [0.25, 0.3) is 0 Å². The van der Waals surface area contributed by atoms with E-state index in [4.69, 9.17) is 11.0 Å². The highest BCUT2D eigenvalue weighted by Gasteiger charge is 2.26. The van der Waals surface area contributed by atoms with Crippen LogP contribution < -0.4 is 10.6 Å². The molecule has 1 unspecified atom stereocenters. The molecule has 1 atom stereocenters. The summed E-state index contributed by atoms with van der Waals surface area (Å²) < 4.78 is 0. The van der Waals surface area contributed by atoms with Gasteiger partial charge in [0.1, 0.15) is 6.07 Å². The van der Waals surface area contributed by atoms with Crippen LogP contribution in [0.25, 0.3) is 0 Å². The first-order valence-corrected chi connectivity index (χ1v) is 6.15. The van der Waals surface area contributed by atoms with Gasteiger partial charge in [0.05, 0.1) is 16.9 Å². The number of nitrogen functional groups attached to an aromatic ring is 1. The molecule has 0 radical (unpaired) electrons. The lowest BCUT2D eigenvalue weighted by Crippen LogP contribution is -2.29. The van der Waals surface area contributed by atoms with Gasteiger partial charge in [-0.1, -0.05) is 0 Å². The van der Waals surface area contributed by atoms with Gasteiger partial charge in [-0.05, 0) is 32.3 Å². The molecule has 1 aliphatic rings. The Morgan fingerprint density at radius 3 is 2.94 bits per heavy atom. The van der Waals surface area contributed by atoms with Gasteiger partial charge >= 0.3 is 0 Å². The van der Waals surface area contributed by atoms with Gasteiger partial charge in [-0.2, -0.15) is 5.26 Å². The number of nitrogens with two attached hydrogens (primary N) is 1. The molecule has 0 spiro atoms. The van der Waals surface area contributed by atoms with Gasteiger partial charge in [0.2, 0.25) is 0 Å². The molecule has 5 heteroatoms. The van der Waals surface area contributed by atoms with Crippen LogP contribution in [0.5, 0.6) is 0 Å². The molecule has 5 nitrogen and oxygen atoms in total. The van der Waals surface area contributed by atoms with E-state index in [-0.39, 0.29) is 0 Å². The summed E-state index contributed by atoms with van der Waals surface area (Å²) in [6.45, 7) is 3.43. The third kappa shape index (κ3) is 2.71. The summed E-state index contributed by atoms with van der Waals surface area (Å²) in [6.07, 6.45) is 3.94. The lowest BCUT2D eigenvalue weighted by atomic mass is 9.98. The molecular formula is C13H18N4O. The Labute approximate surface area is 107 Å². The van der Waals surface area contributed by atoms with E-state index in [9.17, 15) is 5.11 Å². The molecule has 18 heavy (non-hydrogen) atoms. The first-order valence-electron chi connectivity index (χ1n) is 6.15. The van der Waals surface area contributed by atoms with Crippen molar-refractivity contribution in [3.8, 4) is 6.07 Å². The Kier molecular flexibility index (Phi) is 3.39. The summed E-state index contributed by atoms with van der Waals surface area (Å²) in [5.41, 5.74) is 6.32. The molecule has 1 aliphatic heterocycles. The van der Waals surface area contributed by atoms with Crippen LogP contribution in [-0.4, -0.2) is 28.8 Å². The number of nitrogens with zero attached hydrogens (tertiary/aromatic N) is 3. The first-order chi connectivity index (χ1) is 8.52. The Hall–Kier alpha value is -1.80. The van der Waals surface area contributed by atoms with Crippen LogP contribution in [0.4, 0.5) is 11.5 Å². The molecule has 0 aromatic carbocycles. The summed E-state index contributed by atoms with van der Waals surface area (Å²) in [6, 6.07) is 3.67. The van der Waals surface area contributed by atoms with Crippen LogP contribution in [0, 0.1) is 11.3 Å². The van der Waals surface area contributed by atoms with Crippen LogP contribution in [0.3, 0.4) is 0 Å². The SMILES string of the molecule is CC1(O)CCCN(c2ncc(C#N)cc2N)CC1. The second-order valence-corrected chi connectivity index (χ2v) is 5.09. The van der Waals surface area contributed by atoms with E-state index in [1.807, 2.05) is 13.0 Å². The third-order valence-corrected chi connectivity index (χ3v) is 3.39. The predicted molar refractivity (Wildman–Crippen MR) is 70.1 cm³/mol. The molecule has 1 aromatic rings. The van der Waals surface area contributed by atoms with Crippen molar-refractivity contribution in [2.24, 2.45) is 0 Å². The van der Waals surface area contributed by atoms with Crippen LogP contribution in [0.15, 0.2) is 12.3 Å². The lowest BCUT2D eigenvalue weighted by Gasteiger charge is -2.24. The first kappa shape index (κ1) is 12.7. The smallest absolute Gasteiger partial charge is 0.151 e. The monoisotopic (exact) mass is 246 g/mol. The summed E-state index contributed by atoms with van der Waals surface area (Å²) in [4.78, 5) is 6.34. The van der Waals surface area contributed by atoms with Gasteiger partial charge in [0, 0.05) is 19.3 Å². The Morgan fingerprint density at radius 1 is 1.50 bits per heavy atom. The summed E-state index contributed by atoms with van der Waals surface area (Å²) in [7, 11) is 0. The highest BCUT2D eigenvalue weighted by atomic mass is 16.3. The van der Waals surface area contributed by atoms with E-state index in [0.29, 0.717) is 23.5 Å². The number of aromatic nitrogens is 1. The molecular weight excluding hydrogens is 228 g/mol. The van der Waals surface area contributed by atoms with Gasteiger partial charge in [0.15, 0.2) is 5.82 Å². The molecule has 0 bridgehead atoms. The van der Waals surface area contributed by atoms with Crippen LogP contribution in [-0.2, 0) is 0 Å². The number of hydrogen-bond donors (Lipinski definition) is 2. The Bertz CT molecular complexity index is 478. The van der Waals surface area contributed by atoms with Crippen molar-refractivity contribution in [2.45, 2.75) is 31.8 Å². The van der Waals surface area contributed by atoms with Crippen molar-refractivity contribution < 1.29 is 5.11 Å². The summed E-state index contributed by atoms with van der Waals surface area (Å²) >= 11 is 0. The zero-order valence-corrected chi connectivity index (χ0v) is 10.6. The van der Waals surface area contributed by atoms with Gasteiger partial charge in [-0.3, -0.25) is 0 Å². The van der Waals surface area contributed by atoms with E-state index >= 15 is 0 Å². The zero-order valence-electron chi connectivity index (χ0n) is 10.6. The highest BCUT2D eigenvalue weighted by molar-refractivity contribution is 5.64. The number of aliphatic hydroxyl groups is 1. The van der Waals surface area contributed by atoms with E-state index < -0.39 is 5.60 Å². The fourth-order valence-corrected chi connectivity index (χ4v) is 2.28. The summed E-state index contributed by atoms with van der Waals surface area (Å²) in [5, 5.41) is 18.8. The van der Waals surface area contributed by atoms with Crippen molar-refractivity contribution in [1.82, 2.24) is 4.98 Å². The molecule has 2 rings (SSSR count). The standard InChI is InChI=1S/C13H18N4O/c1-13(18)3-2-5-17(6-4-13)12-11(15)7-10(8-14)9-16-12/h7,9,18H,2-6,15H2,1H3. The van der Waals surface area contributed by atoms with Crippen LogP contribution in [0.2, 0.25) is 0 Å². The predicted octanol–water partition coefficient (Wildman–Crippen LogP) is 1.28. The van der Waals surface area contributed by atoms with Crippen molar-refractivity contribution in [3.05, 3.63) is 17.8 Å². The molecule has 2 heterocycles. The van der Waals surface area contributed by atoms with Crippen molar-refractivity contribution >= 4 is 11.5 Å². The van der Waals surface area contributed by atoms with Gasteiger partial charge < -0.3 is 15.7 Å². The Morgan fingerprint density at radius 2 is 2.28 bits per heavy atom. The number of nitriles is 1. The zero-order chi connectivity index (χ0) is 13.2. The van der Waals surface area contributed by atoms with Crippen molar-refractivity contribution in [1.29, 1.82) is 5.26 Å². The minimum absolute atomic E-state index is 0.470. The van der Waals surface area contributed by atoms with E-state index in [1.54, 1.807) is 6.07 Å². The second kappa shape index (κ2) is 4.83. The fourth-order valence-electron chi connectivity index (χ4n) is 2.28. The molecule has 3 N–H and O–H groups in total. The largest absolute Gasteiger partial charge is 0.396 e. The van der Waals surface area contributed by atoms with Crippen LogP contribution in [0.1, 0.15) is 31.7 Å². The molecule has 0 aliphatic carbocycles. The van der Waals surface area contributed by atoms with E-state index in [1.165, 1.54) is 6.20 Å². The number of pyridine rings is 1. The average molecular weight is 246 g/mol. The molecule has 96 valence electrons. The summed E-state index contributed by atoms with van der Waals surface area (Å²) in [5.74, 6) is 0.715. The highest BCUT2D eigenvalue weighted by Crippen LogP contribution is 2.27. The minimum Gasteiger partial charge on any atom is -0.396 e. The fraction of sp³-hybridized carbons (Fsp3) is 0.538. The van der Waals surface area contributed by atoms with Crippen molar-refractivity contribution in [3.63, 3.8) is 0 Å². The third-order valence-electron chi connectivity index (χ3n) is 3.39. The molecule has 1 saturated heterocycles.